The fourth-order valence-corrected chi connectivity index (χ4v) is 3.40. The summed E-state index contributed by atoms with van der Waals surface area (Å²) < 4.78 is 38.6. The number of nitrogens with zero attached hydrogens (tertiary/aromatic N) is 2. The van der Waals surface area contributed by atoms with Crippen molar-refractivity contribution in [1.29, 1.82) is 0 Å². The quantitative estimate of drug-likeness (QED) is 0.904. The smallest absolute Gasteiger partial charge is 0.324 e. The lowest BCUT2D eigenvalue weighted by molar-refractivity contribution is -0.137. The van der Waals surface area contributed by atoms with Crippen LogP contribution >= 0.6 is 11.8 Å². The molecule has 1 amide bonds. The molecule has 0 saturated heterocycles. The molecule has 0 unspecified atom stereocenters. The Bertz CT molecular complexity index is 847. The van der Waals surface area contributed by atoms with Gasteiger partial charge < -0.3 is 5.32 Å². The number of amides is 1. The molecule has 0 saturated carbocycles. The molecule has 2 heterocycles. The maximum Gasteiger partial charge on any atom is 0.416 e. The minimum absolute atomic E-state index is 0.223. The normalized spacial score (nSPS) is 14.0. The fraction of sp³-hybridized carbons (Fsp3) is 0.312. The third kappa shape index (κ3) is 4.22. The first-order valence-corrected chi connectivity index (χ1v) is 8.63. The highest BCUT2D eigenvalue weighted by atomic mass is 32.2. The van der Waals surface area contributed by atoms with Crippen LogP contribution < -0.4 is 10.9 Å². The monoisotopic (exact) mass is 369 g/mol. The Morgan fingerprint density at radius 3 is 2.68 bits per heavy atom. The first kappa shape index (κ1) is 17.5. The van der Waals surface area contributed by atoms with Gasteiger partial charge in [0, 0.05) is 23.9 Å². The Balaban J connectivity index is 1.69. The van der Waals surface area contributed by atoms with Crippen molar-refractivity contribution in [3.8, 4) is 0 Å². The minimum Gasteiger partial charge on any atom is -0.324 e. The molecule has 0 aliphatic carbocycles. The summed E-state index contributed by atoms with van der Waals surface area (Å²) in [5.74, 6) is 1.12. The van der Waals surface area contributed by atoms with Crippen LogP contribution in [-0.4, -0.2) is 21.4 Å². The van der Waals surface area contributed by atoms with Crippen molar-refractivity contribution < 1.29 is 18.0 Å². The maximum absolute atomic E-state index is 12.5. The van der Waals surface area contributed by atoms with Crippen LogP contribution in [0.5, 0.6) is 0 Å². The molecule has 9 heteroatoms. The summed E-state index contributed by atoms with van der Waals surface area (Å²) in [6, 6.07) is 5.59. The number of alkyl halides is 3. The molecular weight excluding hydrogens is 355 g/mol. The van der Waals surface area contributed by atoms with E-state index in [-0.39, 0.29) is 17.8 Å². The van der Waals surface area contributed by atoms with E-state index in [4.69, 9.17) is 0 Å². The van der Waals surface area contributed by atoms with Crippen LogP contribution in [-0.2, 0) is 29.7 Å². The van der Waals surface area contributed by atoms with Gasteiger partial charge in [0.15, 0.2) is 0 Å². The molecule has 1 aromatic heterocycles. The summed E-state index contributed by atoms with van der Waals surface area (Å²) in [7, 11) is 0. The number of carbonyl (C=O) groups is 1. The number of anilines is 1. The maximum atomic E-state index is 12.5. The van der Waals surface area contributed by atoms with Crippen LogP contribution in [0.3, 0.4) is 0 Å². The van der Waals surface area contributed by atoms with Gasteiger partial charge in [-0.1, -0.05) is 0 Å². The summed E-state index contributed by atoms with van der Waals surface area (Å²) in [5.41, 5.74) is 0.751. The molecule has 0 radical (unpaired) electrons. The highest BCUT2D eigenvalue weighted by Crippen LogP contribution is 2.29. The predicted octanol–water partition coefficient (Wildman–Crippen LogP) is 2.69. The van der Waals surface area contributed by atoms with Crippen LogP contribution in [0, 0.1) is 0 Å². The lowest BCUT2D eigenvalue weighted by Crippen LogP contribution is -2.31. The van der Waals surface area contributed by atoms with Gasteiger partial charge in [-0.25, -0.2) is 4.68 Å². The van der Waals surface area contributed by atoms with E-state index in [0.717, 1.165) is 46.0 Å². The standard InChI is InChI=1S/C16H14F3N3O2S/c17-16(18,19)11-1-3-12(4-2-11)20-14(23)8-22-15(24)7-10-9-25-6-5-13(10)21-22/h1-4,7H,5-6,8-9H2,(H,20,23). The van der Waals surface area contributed by atoms with Gasteiger partial charge in [-0.15, -0.1) is 0 Å². The van der Waals surface area contributed by atoms with Crippen molar-refractivity contribution in [3.63, 3.8) is 0 Å². The third-order valence-corrected chi connectivity index (χ3v) is 4.70. The molecule has 0 atom stereocenters. The van der Waals surface area contributed by atoms with Crippen LogP contribution in [0.1, 0.15) is 16.8 Å². The molecule has 1 N–H and O–H groups in total. The van der Waals surface area contributed by atoms with Gasteiger partial charge in [0.25, 0.3) is 5.56 Å². The second kappa shape index (κ2) is 6.91. The van der Waals surface area contributed by atoms with Crippen molar-refractivity contribution in [2.24, 2.45) is 0 Å². The third-order valence-electron chi connectivity index (χ3n) is 3.69. The first-order valence-electron chi connectivity index (χ1n) is 7.48. The lowest BCUT2D eigenvalue weighted by atomic mass is 10.2. The molecule has 25 heavy (non-hydrogen) atoms. The number of rotatable bonds is 3. The molecule has 132 valence electrons. The zero-order valence-corrected chi connectivity index (χ0v) is 13.8. The Morgan fingerprint density at radius 1 is 1.28 bits per heavy atom. The topological polar surface area (TPSA) is 64.0 Å². The Hall–Kier alpha value is -2.29. The van der Waals surface area contributed by atoms with Crippen molar-refractivity contribution in [1.82, 2.24) is 9.78 Å². The number of halogens is 3. The van der Waals surface area contributed by atoms with E-state index in [1.165, 1.54) is 18.2 Å². The SMILES string of the molecule is O=C(Cn1nc2c(cc1=O)CSCC2)Nc1ccc(C(F)(F)F)cc1. The zero-order valence-electron chi connectivity index (χ0n) is 13.0. The van der Waals surface area contributed by atoms with Gasteiger partial charge in [0.05, 0.1) is 11.3 Å². The number of benzene rings is 1. The van der Waals surface area contributed by atoms with Gasteiger partial charge in [-0.3, -0.25) is 9.59 Å². The van der Waals surface area contributed by atoms with Crippen molar-refractivity contribution >= 4 is 23.4 Å². The van der Waals surface area contributed by atoms with Gasteiger partial charge in [-0.2, -0.15) is 30.0 Å². The van der Waals surface area contributed by atoms with Crippen LogP contribution in [0.15, 0.2) is 35.1 Å². The molecule has 3 rings (SSSR count). The summed E-state index contributed by atoms with van der Waals surface area (Å²) in [6.45, 7) is -0.291. The summed E-state index contributed by atoms with van der Waals surface area (Å²) >= 11 is 1.72. The van der Waals surface area contributed by atoms with E-state index >= 15 is 0 Å². The Labute approximate surface area is 145 Å². The van der Waals surface area contributed by atoms with Crippen LogP contribution in [0.25, 0.3) is 0 Å². The van der Waals surface area contributed by atoms with E-state index in [1.54, 1.807) is 11.8 Å². The van der Waals surface area contributed by atoms with Crippen LogP contribution in [0.4, 0.5) is 18.9 Å². The molecule has 1 aliphatic heterocycles. The van der Waals surface area contributed by atoms with E-state index < -0.39 is 17.6 Å². The van der Waals surface area contributed by atoms with Gasteiger partial charge in [0.2, 0.25) is 5.91 Å². The second-order valence-corrected chi connectivity index (χ2v) is 6.64. The molecule has 2 aromatic rings. The van der Waals surface area contributed by atoms with E-state index in [1.807, 2.05) is 0 Å². The molecule has 0 fully saturated rings. The molecule has 5 nitrogen and oxygen atoms in total. The number of hydrogen-bond donors (Lipinski definition) is 1. The number of hydrogen-bond acceptors (Lipinski definition) is 4. The highest BCUT2D eigenvalue weighted by molar-refractivity contribution is 7.98. The summed E-state index contributed by atoms with van der Waals surface area (Å²) in [4.78, 5) is 24.1. The van der Waals surface area contributed by atoms with Crippen molar-refractivity contribution in [2.45, 2.75) is 24.9 Å². The Kier molecular flexibility index (Phi) is 4.85. The van der Waals surface area contributed by atoms with E-state index in [0.29, 0.717) is 0 Å². The molecule has 0 bridgehead atoms. The molecular formula is C16H14F3N3O2S. The van der Waals surface area contributed by atoms with E-state index in [2.05, 4.69) is 10.4 Å². The first-order chi connectivity index (χ1) is 11.8. The molecule has 1 aromatic carbocycles. The molecule has 1 aliphatic rings. The fourth-order valence-electron chi connectivity index (χ4n) is 2.44. The number of aromatic nitrogens is 2. The van der Waals surface area contributed by atoms with Gasteiger partial charge in [-0.05, 0) is 35.6 Å². The lowest BCUT2D eigenvalue weighted by Gasteiger charge is -2.15. The Morgan fingerprint density at radius 2 is 2.00 bits per heavy atom. The average molecular weight is 369 g/mol. The number of carbonyl (C=O) groups excluding carboxylic acids is 1. The number of fused-ring (bicyclic) bond motifs is 1. The van der Waals surface area contributed by atoms with Crippen molar-refractivity contribution in [2.75, 3.05) is 11.1 Å². The number of aryl methyl sites for hydroxylation is 1. The second-order valence-electron chi connectivity index (χ2n) is 5.54. The zero-order chi connectivity index (χ0) is 18.0. The summed E-state index contributed by atoms with van der Waals surface area (Å²) in [6.07, 6.45) is -3.69. The number of thioether (sulfide) groups is 1. The largest absolute Gasteiger partial charge is 0.416 e. The van der Waals surface area contributed by atoms with E-state index in [9.17, 15) is 22.8 Å². The highest BCUT2D eigenvalue weighted by Gasteiger charge is 2.30. The summed E-state index contributed by atoms with van der Waals surface area (Å²) in [5, 5.41) is 6.69. The van der Waals surface area contributed by atoms with Gasteiger partial charge in [0.1, 0.15) is 6.54 Å². The van der Waals surface area contributed by atoms with Gasteiger partial charge >= 0.3 is 6.18 Å². The minimum atomic E-state index is -4.43. The average Bonchev–Trinajstić information content (AvgIpc) is 2.55. The predicted molar refractivity (Wildman–Crippen MR) is 88.4 cm³/mol. The van der Waals surface area contributed by atoms with Crippen molar-refractivity contribution in [3.05, 3.63) is 57.5 Å². The molecule has 0 spiro atoms. The van der Waals surface area contributed by atoms with Crippen LogP contribution in [0.2, 0.25) is 0 Å². The number of nitrogens with one attached hydrogen (secondary N) is 1.